The molecule has 1 saturated heterocycles. The van der Waals surface area contributed by atoms with Crippen molar-refractivity contribution in [1.29, 1.82) is 0 Å². The molecule has 0 amide bonds. The summed E-state index contributed by atoms with van der Waals surface area (Å²) in [6.45, 7) is 35.6. The van der Waals surface area contributed by atoms with Gasteiger partial charge in [0.25, 0.3) is 0 Å². The summed E-state index contributed by atoms with van der Waals surface area (Å²) in [6, 6.07) is 1.17. The zero-order valence-corrected chi connectivity index (χ0v) is 30.8. The molecule has 0 aromatic carbocycles. The lowest BCUT2D eigenvalue weighted by Crippen LogP contribution is -2.63. The molecule has 214 valence electrons. The Kier molecular flexibility index (Phi) is 10.3. The normalized spacial score (nSPS) is 28.6. The van der Waals surface area contributed by atoms with Crippen LogP contribution in [0.4, 0.5) is 0 Å². The van der Waals surface area contributed by atoms with Crippen LogP contribution in [0.5, 0.6) is 0 Å². The maximum atomic E-state index is 7.39. The van der Waals surface area contributed by atoms with Crippen molar-refractivity contribution in [2.45, 2.75) is 173 Å². The summed E-state index contributed by atoms with van der Waals surface area (Å²) < 4.78 is 27.3. The SMILES string of the molecule is CCC(C)(O[Si](C)(C)C)[Si](C)(CCC1CCC2OC2C1)OC(C)C(C)[Si](C)(C)OC(C)(C)[Si](C)(C)C. The van der Waals surface area contributed by atoms with Crippen molar-refractivity contribution in [1.82, 2.24) is 0 Å². The van der Waals surface area contributed by atoms with E-state index in [1.165, 1.54) is 31.7 Å². The van der Waals surface area contributed by atoms with E-state index in [-0.39, 0.29) is 16.6 Å². The number of fused-ring (bicyclic) bond motifs is 1. The van der Waals surface area contributed by atoms with Gasteiger partial charge < -0.3 is 18.0 Å². The van der Waals surface area contributed by atoms with Gasteiger partial charge in [0.1, 0.15) is 0 Å². The van der Waals surface area contributed by atoms with E-state index in [0.29, 0.717) is 17.7 Å². The summed E-state index contributed by atoms with van der Waals surface area (Å²) in [4.78, 5) is 0. The van der Waals surface area contributed by atoms with Gasteiger partial charge in [-0.15, -0.1) is 0 Å². The summed E-state index contributed by atoms with van der Waals surface area (Å²) in [5.74, 6) is 0.775. The molecule has 0 radical (unpaired) electrons. The predicted molar refractivity (Wildman–Crippen MR) is 166 cm³/mol. The van der Waals surface area contributed by atoms with Crippen molar-refractivity contribution >= 4 is 33.0 Å². The molecule has 36 heavy (non-hydrogen) atoms. The monoisotopic (exact) mass is 574 g/mol. The van der Waals surface area contributed by atoms with Crippen molar-refractivity contribution in [2.24, 2.45) is 5.92 Å². The zero-order valence-electron chi connectivity index (χ0n) is 26.8. The van der Waals surface area contributed by atoms with Gasteiger partial charge in [0.2, 0.25) is 8.32 Å². The lowest BCUT2D eigenvalue weighted by molar-refractivity contribution is 0.0873. The van der Waals surface area contributed by atoms with Crippen LogP contribution in [-0.4, -0.2) is 61.8 Å². The molecule has 2 rings (SSSR count). The minimum atomic E-state index is -2.26. The third-order valence-electron chi connectivity index (χ3n) is 10.0. The summed E-state index contributed by atoms with van der Waals surface area (Å²) in [7, 11) is -7.47. The molecule has 0 aromatic heterocycles. The number of rotatable bonds is 14. The lowest BCUT2D eigenvalue weighted by atomic mass is 9.87. The maximum Gasteiger partial charge on any atom is 0.219 e. The highest BCUT2D eigenvalue weighted by molar-refractivity contribution is 6.81. The van der Waals surface area contributed by atoms with E-state index >= 15 is 0 Å². The van der Waals surface area contributed by atoms with E-state index in [2.05, 4.69) is 100 Å². The summed E-state index contributed by atoms with van der Waals surface area (Å²) in [5, 5.41) is -0.219. The fraction of sp³-hybridized carbons (Fsp3) is 1.00. The largest absolute Gasteiger partial charge is 0.415 e. The molecule has 4 nitrogen and oxygen atoms in total. The second-order valence-corrected chi connectivity index (χ2v) is 34.2. The van der Waals surface area contributed by atoms with Crippen molar-refractivity contribution < 1.29 is 18.0 Å². The molecule has 0 N–H and O–H groups in total. The van der Waals surface area contributed by atoms with Gasteiger partial charge in [0.05, 0.1) is 25.5 Å². The predicted octanol–water partition coefficient (Wildman–Crippen LogP) is 8.75. The van der Waals surface area contributed by atoms with Crippen LogP contribution in [0.2, 0.25) is 70.5 Å². The minimum absolute atomic E-state index is 0.0416. The van der Waals surface area contributed by atoms with Crippen LogP contribution in [0.15, 0.2) is 0 Å². The first-order chi connectivity index (χ1) is 16.1. The molecule has 0 spiro atoms. The Morgan fingerprint density at radius 3 is 1.92 bits per heavy atom. The van der Waals surface area contributed by atoms with Crippen molar-refractivity contribution in [3.63, 3.8) is 0 Å². The molecule has 1 heterocycles. The van der Waals surface area contributed by atoms with Gasteiger partial charge in [-0.05, 0) is 110 Å². The Bertz CT molecular complexity index is 732. The molecule has 7 unspecified atom stereocenters. The minimum Gasteiger partial charge on any atom is -0.415 e. The number of epoxide rings is 1. The molecular weight excluding hydrogens is 513 g/mol. The average molecular weight is 575 g/mol. The lowest BCUT2D eigenvalue weighted by Gasteiger charge is -2.51. The quantitative estimate of drug-likeness (QED) is 0.154. The van der Waals surface area contributed by atoms with Gasteiger partial charge in [-0.25, -0.2) is 0 Å². The number of hydrogen-bond donors (Lipinski definition) is 0. The summed E-state index contributed by atoms with van der Waals surface area (Å²) >= 11 is 0. The summed E-state index contributed by atoms with van der Waals surface area (Å²) in [5.41, 5.74) is 0.406. The highest BCUT2D eigenvalue weighted by Gasteiger charge is 2.53. The van der Waals surface area contributed by atoms with Crippen LogP contribution in [-0.2, 0) is 18.0 Å². The topological polar surface area (TPSA) is 40.2 Å². The second-order valence-electron chi connectivity index (χ2n) is 15.5. The molecule has 1 aliphatic carbocycles. The van der Waals surface area contributed by atoms with Crippen LogP contribution in [0.25, 0.3) is 0 Å². The van der Waals surface area contributed by atoms with E-state index in [1.807, 2.05) is 0 Å². The van der Waals surface area contributed by atoms with E-state index in [9.17, 15) is 0 Å². The van der Waals surface area contributed by atoms with Gasteiger partial charge in [-0.1, -0.05) is 39.9 Å². The van der Waals surface area contributed by atoms with Gasteiger partial charge in [-0.3, -0.25) is 0 Å². The van der Waals surface area contributed by atoms with Crippen molar-refractivity contribution in [3.05, 3.63) is 0 Å². The zero-order chi connectivity index (χ0) is 28.0. The summed E-state index contributed by atoms with van der Waals surface area (Å²) in [6.07, 6.45) is 7.37. The Morgan fingerprint density at radius 1 is 0.861 bits per heavy atom. The van der Waals surface area contributed by atoms with E-state index < -0.39 is 33.0 Å². The first-order valence-corrected chi connectivity index (χ1v) is 27.3. The van der Waals surface area contributed by atoms with Gasteiger partial charge in [0, 0.05) is 11.3 Å². The molecule has 2 aliphatic rings. The number of hydrogen-bond acceptors (Lipinski definition) is 4. The Labute approximate surface area is 229 Å². The molecule has 8 heteroatoms. The van der Waals surface area contributed by atoms with E-state index in [4.69, 9.17) is 18.0 Å². The molecule has 1 saturated carbocycles. The standard InChI is InChI=1S/C28H62O4Si4/c1-16-28(6,32-34(10,11)12)36(15,20-19-24-17-18-25-26(21-24)29-25)30-22(2)23(3)35(13,14)31-27(4,5)33(7,8)9/h22-26H,16-21H2,1-15H3. The number of ether oxygens (including phenoxy) is 1. The fourth-order valence-electron chi connectivity index (χ4n) is 5.89. The molecule has 1 aliphatic heterocycles. The molecular formula is C28H62O4Si4. The van der Waals surface area contributed by atoms with Gasteiger partial charge >= 0.3 is 0 Å². The van der Waals surface area contributed by atoms with Crippen LogP contribution in [0.1, 0.15) is 73.6 Å². The van der Waals surface area contributed by atoms with Crippen LogP contribution in [0, 0.1) is 5.92 Å². The molecule has 7 atom stereocenters. The Balaban J connectivity index is 2.25. The third-order valence-corrected chi connectivity index (χ3v) is 23.8. The molecule has 2 fully saturated rings. The van der Waals surface area contributed by atoms with Crippen LogP contribution in [0.3, 0.4) is 0 Å². The average Bonchev–Trinajstić information content (AvgIpc) is 3.47. The Morgan fingerprint density at radius 2 is 1.44 bits per heavy atom. The van der Waals surface area contributed by atoms with Crippen molar-refractivity contribution in [2.75, 3.05) is 0 Å². The second kappa shape index (κ2) is 11.3. The highest BCUT2D eigenvalue weighted by atomic mass is 28.4. The van der Waals surface area contributed by atoms with E-state index in [1.54, 1.807) is 0 Å². The first-order valence-electron chi connectivity index (χ1n) is 14.8. The van der Waals surface area contributed by atoms with Crippen molar-refractivity contribution in [3.8, 4) is 0 Å². The molecule has 0 aromatic rings. The third kappa shape index (κ3) is 8.12. The Hall–Kier alpha value is 0.708. The molecule has 0 bridgehead atoms. The highest BCUT2D eigenvalue weighted by Crippen LogP contribution is 2.45. The maximum absolute atomic E-state index is 7.39. The first kappa shape index (κ1) is 32.9. The van der Waals surface area contributed by atoms with Gasteiger partial charge in [0.15, 0.2) is 16.6 Å². The smallest absolute Gasteiger partial charge is 0.219 e. The van der Waals surface area contributed by atoms with Crippen LogP contribution < -0.4 is 0 Å². The van der Waals surface area contributed by atoms with E-state index in [0.717, 1.165) is 12.3 Å². The fourth-order valence-corrected chi connectivity index (χ4v) is 17.6. The van der Waals surface area contributed by atoms with Crippen LogP contribution >= 0.6 is 0 Å². The van der Waals surface area contributed by atoms with Gasteiger partial charge in [-0.2, -0.15) is 0 Å².